The molecule has 3 rings (SSSR count). The van der Waals surface area contributed by atoms with Crippen LogP contribution in [0.5, 0.6) is 0 Å². The molecule has 1 N–H and O–H groups in total. The van der Waals surface area contributed by atoms with E-state index in [0.29, 0.717) is 17.9 Å². The van der Waals surface area contributed by atoms with Crippen LogP contribution >= 0.6 is 0 Å². The van der Waals surface area contributed by atoms with Crippen molar-refractivity contribution in [3.63, 3.8) is 0 Å². The third-order valence-corrected chi connectivity index (χ3v) is 6.71. The van der Waals surface area contributed by atoms with Crippen molar-refractivity contribution >= 4 is 5.96 Å². The van der Waals surface area contributed by atoms with Gasteiger partial charge in [0.2, 0.25) is 0 Å². The van der Waals surface area contributed by atoms with Gasteiger partial charge in [-0.05, 0) is 37.8 Å². The predicted octanol–water partition coefficient (Wildman–Crippen LogP) is 2.71. The summed E-state index contributed by atoms with van der Waals surface area (Å²) in [5, 5.41) is 3.67. The maximum Gasteiger partial charge on any atom is 0.193 e. The number of likely N-dealkylation sites (N-methyl/N-ethyl adjacent to an activating group) is 1. The van der Waals surface area contributed by atoms with E-state index in [1.807, 2.05) is 7.05 Å². The lowest BCUT2D eigenvalue weighted by atomic mass is 9.79. The molecule has 28 heavy (non-hydrogen) atoms. The van der Waals surface area contributed by atoms with Crippen molar-refractivity contribution in [2.45, 2.75) is 38.6 Å². The van der Waals surface area contributed by atoms with Crippen molar-refractivity contribution in [1.29, 1.82) is 0 Å². The number of piperazine rings is 1. The zero-order chi connectivity index (χ0) is 19.9. The molecule has 1 aromatic rings. The largest absolute Gasteiger partial charge is 0.355 e. The van der Waals surface area contributed by atoms with Crippen LogP contribution in [0.15, 0.2) is 35.3 Å². The molecule has 5 heteroatoms. The summed E-state index contributed by atoms with van der Waals surface area (Å²) in [6.07, 6.45) is 2.42. The molecule has 3 atom stereocenters. The molecule has 2 saturated heterocycles. The average Bonchev–Trinajstić information content (AvgIpc) is 2.75. The first-order chi connectivity index (χ1) is 13.6. The van der Waals surface area contributed by atoms with Crippen LogP contribution in [0.25, 0.3) is 0 Å². The predicted molar refractivity (Wildman–Crippen MR) is 119 cm³/mol. The molecule has 0 saturated carbocycles. The number of nitrogens with one attached hydrogen (secondary N) is 1. The Kier molecular flexibility index (Phi) is 7.74. The van der Waals surface area contributed by atoms with Crippen LogP contribution in [0.4, 0.5) is 0 Å². The Morgan fingerprint density at radius 3 is 2.50 bits per heavy atom. The summed E-state index contributed by atoms with van der Waals surface area (Å²) in [6.45, 7) is 12.5. The summed E-state index contributed by atoms with van der Waals surface area (Å²) in [5.74, 6) is 2.43. The van der Waals surface area contributed by atoms with Gasteiger partial charge in [0.1, 0.15) is 0 Å². The summed E-state index contributed by atoms with van der Waals surface area (Å²) in [4.78, 5) is 12.1. The lowest BCUT2D eigenvalue weighted by molar-refractivity contribution is 0.119. The van der Waals surface area contributed by atoms with Crippen molar-refractivity contribution < 1.29 is 0 Å². The monoisotopic (exact) mass is 385 g/mol. The van der Waals surface area contributed by atoms with Crippen LogP contribution in [0.1, 0.15) is 38.2 Å². The third-order valence-electron chi connectivity index (χ3n) is 6.71. The second-order valence-electron chi connectivity index (χ2n) is 8.54. The second kappa shape index (κ2) is 10.3. The van der Waals surface area contributed by atoms with Crippen LogP contribution in [-0.4, -0.2) is 86.6 Å². The van der Waals surface area contributed by atoms with E-state index >= 15 is 0 Å². The fourth-order valence-corrected chi connectivity index (χ4v) is 4.74. The topological polar surface area (TPSA) is 34.1 Å². The summed E-state index contributed by atoms with van der Waals surface area (Å²) < 4.78 is 0. The van der Waals surface area contributed by atoms with Crippen molar-refractivity contribution in [2.75, 3.05) is 59.9 Å². The summed E-state index contributed by atoms with van der Waals surface area (Å²) in [6, 6.07) is 11.6. The second-order valence-corrected chi connectivity index (χ2v) is 8.54. The molecule has 0 aromatic heterocycles. The average molecular weight is 386 g/mol. The molecule has 3 unspecified atom stereocenters. The first-order valence-corrected chi connectivity index (χ1v) is 11.1. The zero-order valence-corrected chi connectivity index (χ0v) is 18.3. The van der Waals surface area contributed by atoms with Gasteiger partial charge in [-0.2, -0.15) is 0 Å². The molecule has 2 heterocycles. The molecule has 0 spiro atoms. The number of nitrogens with zero attached hydrogens (tertiary/aromatic N) is 4. The fraction of sp³-hybridized carbons (Fsp3) is 0.696. The van der Waals surface area contributed by atoms with Gasteiger partial charge in [0.25, 0.3) is 0 Å². The maximum atomic E-state index is 4.61. The van der Waals surface area contributed by atoms with E-state index in [0.717, 1.165) is 25.6 Å². The lowest BCUT2D eigenvalue weighted by Gasteiger charge is -2.41. The number of rotatable bonds is 5. The van der Waals surface area contributed by atoms with Crippen LogP contribution in [-0.2, 0) is 0 Å². The van der Waals surface area contributed by atoms with E-state index in [2.05, 4.69) is 76.2 Å². The highest BCUT2D eigenvalue weighted by atomic mass is 15.3. The van der Waals surface area contributed by atoms with Crippen LogP contribution in [0.3, 0.4) is 0 Å². The van der Waals surface area contributed by atoms with E-state index in [9.17, 15) is 0 Å². The van der Waals surface area contributed by atoms with E-state index < -0.39 is 0 Å². The summed E-state index contributed by atoms with van der Waals surface area (Å²) in [5.41, 5.74) is 1.50. The number of aliphatic imine (C=N–C) groups is 1. The minimum atomic E-state index is 0.536. The SMILES string of the molecule is CCC1CN(C(=NC)NCC(C)N2CCN(C)CC2)CCC1c1ccccc1. The van der Waals surface area contributed by atoms with Gasteiger partial charge >= 0.3 is 0 Å². The third kappa shape index (κ3) is 5.26. The van der Waals surface area contributed by atoms with Gasteiger partial charge in [-0.25, -0.2) is 0 Å². The van der Waals surface area contributed by atoms with Crippen molar-refractivity contribution in [3.8, 4) is 0 Å². The first-order valence-electron chi connectivity index (χ1n) is 11.1. The van der Waals surface area contributed by atoms with Gasteiger partial charge in [-0.3, -0.25) is 9.89 Å². The van der Waals surface area contributed by atoms with Crippen LogP contribution < -0.4 is 5.32 Å². The minimum absolute atomic E-state index is 0.536. The lowest BCUT2D eigenvalue weighted by Crippen LogP contribution is -2.54. The molecule has 0 aliphatic carbocycles. The van der Waals surface area contributed by atoms with E-state index in [1.54, 1.807) is 0 Å². The van der Waals surface area contributed by atoms with E-state index in [4.69, 9.17) is 0 Å². The Morgan fingerprint density at radius 1 is 1.14 bits per heavy atom. The molecule has 0 amide bonds. The standard InChI is InChI=1S/C23H39N5/c1-5-20-18-28(12-11-22(20)21-9-7-6-8-10-21)23(24-3)25-17-19(2)27-15-13-26(4)14-16-27/h6-10,19-20,22H,5,11-18H2,1-4H3,(H,24,25). The van der Waals surface area contributed by atoms with Gasteiger partial charge in [0.05, 0.1) is 0 Å². The van der Waals surface area contributed by atoms with E-state index in [-0.39, 0.29) is 0 Å². The summed E-state index contributed by atoms with van der Waals surface area (Å²) >= 11 is 0. The number of hydrogen-bond donors (Lipinski definition) is 1. The van der Waals surface area contributed by atoms with Gasteiger partial charge in [0.15, 0.2) is 5.96 Å². The van der Waals surface area contributed by atoms with Crippen LogP contribution in [0, 0.1) is 5.92 Å². The van der Waals surface area contributed by atoms with Crippen molar-refractivity contribution in [1.82, 2.24) is 20.0 Å². The Morgan fingerprint density at radius 2 is 1.86 bits per heavy atom. The Balaban J connectivity index is 1.53. The van der Waals surface area contributed by atoms with Gasteiger partial charge in [-0.1, -0.05) is 43.7 Å². The highest BCUT2D eigenvalue weighted by Gasteiger charge is 2.30. The van der Waals surface area contributed by atoms with Crippen LogP contribution in [0.2, 0.25) is 0 Å². The number of guanidine groups is 1. The van der Waals surface area contributed by atoms with Gasteiger partial charge in [-0.15, -0.1) is 0 Å². The molecule has 0 bridgehead atoms. The molecule has 0 radical (unpaired) electrons. The molecule has 2 fully saturated rings. The Labute approximate surface area is 171 Å². The first kappa shape index (κ1) is 21.1. The quantitative estimate of drug-likeness (QED) is 0.624. The van der Waals surface area contributed by atoms with E-state index in [1.165, 1.54) is 44.6 Å². The number of likely N-dealkylation sites (tertiary alicyclic amines) is 1. The number of piperidine rings is 1. The normalized spacial score (nSPS) is 26.3. The van der Waals surface area contributed by atoms with Gasteiger partial charge < -0.3 is 15.1 Å². The smallest absolute Gasteiger partial charge is 0.193 e. The number of hydrogen-bond acceptors (Lipinski definition) is 3. The summed E-state index contributed by atoms with van der Waals surface area (Å²) in [7, 11) is 4.14. The molecular formula is C23H39N5. The molecule has 5 nitrogen and oxygen atoms in total. The molecule has 156 valence electrons. The number of benzene rings is 1. The van der Waals surface area contributed by atoms with Gasteiger partial charge in [0, 0.05) is 58.9 Å². The van der Waals surface area contributed by atoms with Crippen molar-refractivity contribution in [2.24, 2.45) is 10.9 Å². The molecular weight excluding hydrogens is 346 g/mol. The molecule has 2 aliphatic heterocycles. The Bertz CT molecular complexity index is 609. The minimum Gasteiger partial charge on any atom is -0.355 e. The highest BCUT2D eigenvalue weighted by molar-refractivity contribution is 5.80. The zero-order valence-electron chi connectivity index (χ0n) is 18.3. The highest BCUT2D eigenvalue weighted by Crippen LogP contribution is 2.34. The molecule has 1 aromatic carbocycles. The molecule has 2 aliphatic rings. The van der Waals surface area contributed by atoms with Crippen molar-refractivity contribution in [3.05, 3.63) is 35.9 Å². The Hall–Kier alpha value is -1.59. The fourth-order valence-electron chi connectivity index (χ4n) is 4.74. The maximum absolute atomic E-state index is 4.61.